The minimum absolute atomic E-state index is 0.639. The van der Waals surface area contributed by atoms with E-state index >= 15 is 0 Å². The minimum atomic E-state index is 0.639. The number of nitrogens with one attached hydrogen (secondary N) is 2. The van der Waals surface area contributed by atoms with Crippen LogP contribution < -0.4 is 20.1 Å². The number of aromatic nitrogens is 1. The van der Waals surface area contributed by atoms with Crippen molar-refractivity contribution in [3.63, 3.8) is 0 Å². The van der Waals surface area contributed by atoms with E-state index in [0.717, 1.165) is 41.3 Å². The van der Waals surface area contributed by atoms with E-state index in [9.17, 15) is 0 Å². The van der Waals surface area contributed by atoms with Crippen molar-refractivity contribution in [3.8, 4) is 23.0 Å². The average Bonchev–Trinajstić information content (AvgIpc) is 3.10. The van der Waals surface area contributed by atoms with Gasteiger partial charge in [0.1, 0.15) is 6.26 Å². The van der Waals surface area contributed by atoms with E-state index in [4.69, 9.17) is 13.9 Å². The molecular formula is C23H26N4O3. The van der Waals surface area contributed by atoms with Gasteiger partial charge in [0.05, 0.1) is 18.9 Å². The van der Waals surface area contributed by atoms with Gasteiger partial charge in [0.15, 0.2) is 17.5 Å². The summed E-state index contributed by atoms with van der Waals surface area (Å²) in [5, 5.41) is 6.58. The van der Waals surface area contributed by atoms with Crippen molar-refractivity contribution in [3.05, 3.63) is 60.0 Å². The number of nitrogens with zero attached hydrogens (tertiary/aromatic N) is 2. The lowest BCUT2D eigenvalue weighted by Gasteiger charge is -2.13. The zero-order valence-electron chi connectivity index (χ0n) is 17.3. The van der Waals surface area contributed by atoms with Crippen LogP contribution in [0.3, 0.4) is 0 Å². The molecule has 0 saturated carbocycles. The molecule has 1 aliphatic rings. The lowest BCUT2D eigenvalue weighted by atomic mass is 10.1. The third-order valence-electron chi connectivity index (χ3n) is 4.76. The molecule has 156 valence electrons. The summed E-state index contributed by atoms with van der Waals surface area (Å²) >= 11 is 0. The van der Waals surface area contributed by atoms with Crippen LogP contribution in [0, 0.1) is 6.92 Å². The lowest BCUT2D eigenvalue weighted by Crippen LogP contribution is -2.32. The molecule has 0 bridgehead atoms. The summed E-state index contributed by atoms with van der Waals surface area (Å²) in [4.78, 5) is 8.86. The number of oxazole rings is 1. The minimum Gasteiger partial charge on any atom is -0.490 e. The van der Waals surface area contributed by atoms with Crippen LogP contribution in [0.15, 0.2) is 58.1 Å². The van der Waals surface area contributed by atoms with Gasteiger partial charge in [0.25, 0.3) is 0 Å². The normalized spacial score (nSPS) is 13.6. The molecular weight excluding hydrogens is 380 g/mol. The van der Waals surface area contributed by atoms with Gasteiger partial charge in [-0.3, -0.25) is 4.99 Å². The van der Waals surface area contributed by atoms with E-state index < -0.39 is 0 Å². The predicted octanol–water partition coefficient (Wildman–Crippen LogP) is 4.04. The zero-order valence-corrected chi connectivity index (χ0v) is 17.3. The van der Waals surface area contributed by atoms with Gasteiger partial charge < -0.3 is 24.5 Å². The largest absolute Gasteiger partial charge is 0.490 e. The summed E-state index contributed by atoms with van der Waals surface area (Å²) < 4.78 is 17.0. The summed E-state index contributed by atoms with van der Waals surface area (Å²) in [6, 6.07) is 13.9. The van der Waals surface area contributed by atoms with E-state index in [0.29, 0.717) is 31.6 Å². The molecule has 0 aliphatic carbocycles. The Hall–Kier alpha value is -3.48. The zero-order chi connectivity index (χ0) is 20.8. The van der Waals surface area contributed by atoms with E-state index in [1.807, 2.05) is 30.3 Å². The maximum Gasteiger partial charge on any atom is 0.226 e. The third kappa shape index (κ3) is 4.92. The maximum atomic E-state index is 5.74. The molecule has 0 radical (unpaired) electrons. The van der Waals surface area contributed by atoms with Crippen LogP contribution >= 0.6 is 0 Å². The van der Waals surface area contributed by atoms with Crippen LogP contribution in [0.5, 0.6) is 11.5 Å². The Morgan fingerprint density at radius 3 is 2.67 bits per heavy atom. The van der Waals surface area contributed by atoms with Gasteiger partial charge in [0.2, 0.25) is 5.89 Å². The number of fused-ring (bicyclic) bond motifs is 1. The first-order valence-electron chi connectivity index (χ1n) is 10.1. The van der Waals surface area contributed by atoms with Crippen molar-refractivity contribution in [1.29, 1.82) is 0 Å². The molecule has 7 heteroatoms. The van der Waals surface area contributed by atoms with Crippen LogP contribution in [0.25, 0.3) is 11.5 Å². The van der Waals surface area contributed by atoms with Crippen molar-refractivity contribution < 1.29 is 13.9 Å². The van der Waals surface area contributed by atoms with E-state index in [2.05, 4.69) is 39.7 Å². The Kier molecular flexibility index (Phi) is 6.17. The Morgan fingerprint density at radius 1 is 1.07 bits per heavy atom. The maximum absolute atomic E-state index is 5.74. The molecule has 1 aromatic heterocycles. The highest BCUT2D eigenvalue weighted by Gasteiger charge is 2.12. The molecule has 2 heterocycles. The van der Waals surface area contributed by atoms with E-state index in [-0.39, 0.29) is 0 Å². The third-order valence-corrected chi connectivity index (χ3v) is 4.76. The second kappa shape index (κ2) is 9.35. The number of benzene rings is 2. The topological polar surface area (TPSA) is 80.9 Å². The van der Waals surface area contributed by atoms with Crippen LogP contribution in [-0.4, -0.2) is 37.7 Å². The smallest absolute Gasteiger partial charge is 0.226 e. The summed E-state index contributed by atoms with van der Waals surface area (Å²) in [6.45, 7) is 4.07. The molecule has 0 unspecified atom stereocenters. The summed E-state index contributed by atoms with van der Waals surface area (Å²) in [5.41, 5.74) is 3.97. The van der Waals surface area contributed by atoms with Gasteiger partial charge in [0, 0.05) is 43.8 Å². The Labute approximate surface area is 176 Å². The number of guanidine groups is 1. The summed E-state index contributed by atoms with van der Waals surface area (Å²) in [6.07, 6.45) is 3.31. The van der Waals surface area contributed by atoms with Crippen LogP contribution in [0.4, 0.5) is 5.69 Å². The quantitative estimate of drug-likeness (QED) is 0.492. The number of rotatable bonds is 5. The second-order valence-corrected chi connectivity index (χ2v) is 7.10. The molecule has 4 rings (SSSR count). The van der Waals surface area contributed by atoms with Crippen molar-refractivity contribution >= 4 is 11.6 Å². The standard InChI is InChI=1S/C23H26N4O3/c1-16-4-6-17(7-5-16)22-26-19(15-30-22)10-11-25-23(24-2)27-18-8-9-20-21(14-18)29-13-3-12-28-20/h4-9,14-15H,3,10-13H2,1-2H3,(H2,24,25,27). The highest BCUT2D eigenvalue weighted by atomic mass is 16.5. The number of aryl methyl sites for hydroxylation is 1. The van der Waals surface area contributed by atoms with Gasteiger partial charge in [-0.15, -0.1) is 0 Å². The molecule has 7 nitrogen and oxygen atoms in total. The number of aliphatic imine (C=N–C) groups is 1. The van der Waals surface area contributed by atoms with Crippen molar-refractivity contribution in [2.45, 2.75) is 19.8 Å². The van der Waals surface area contributed by atoms with Crippen molar-refractivity contribution in [1.82, 2.24) is 10.3 Å². The second-order valence-electron chi connectivity index (χ2n) is 7.10. The number of ether oxygens (including phenoxy) is 2. The van der Waals surface area contributed by atoms with Crippen LogP contribution in [0.2, 0.25) is 0 Å². The van der Waals surface area contributed by atoms with Gasteiger partial charge in [-0.25, -0.2) is 4.98 Å². The van der Waals surface area contributed by atoms with Crippen molar-refractivity contribution in [2.75, 3.05) is 32.1 Å². The molecule has 30 heavy (non-hydrogen) atoms. The lowest BCUT2D eigenvalue weighted by molar-refractivity contribution is 0.297. The molecule has 2 N–H and O–H groups in total. The fourth-order valence-electron chi connectivity index (χ4n) is 3.12. The van der Waals surface area contributed by atoms with Crippen molar-refractivity contribution in [2.24, 2.45) is 4.99 Å². The van der Waals surface area contributed by atoms with Gasteiger partial charge in [-0.1, -0.05) is 17.7 Å². The SMILES string of the molecule is CN=C(NCCc1coc(-c2ccc(C)cc2)n1)Nc1ccc2c(c1)OCCCO2. The molecule has 0 spiro atoms. The van der Waals surface area contributed by atoms with Gasteiger partial charge in [-0.2, -0.15) is 0 Å². The highest BCUT2D eigenvalue weighted by molar-refractivity contribution is 5.93. The number of anilines is 1. The first-order chi connectivity index (χ1) is 14.7. The number of hydrogen-bond acceptors (Lipinski definition) is 5. The fraction of sp³-hybridized carbons (Fsp3) is 0.304. The van der Waals surface area contributed by atoms with Crippen LogP contribution in [0.1, 0.15) is 17.7 Å². The number of hydrogen-bond donors (Lipinski definition) is 2. The van der Waals surface area contributed by atoms with Gasteiger partial charge in [-0.05, 0) is 31.2 Å². The fourth-order valence-corrected chi connectivity index (χ4v) is 3.12. The molecule has 3 aromatic rings. The molecule has 0 atom stereocenters. The average molecular weight is 406 g/mol. The van der Waals surface area contributed by atoms with Gasteiger partial charge >= 0.3 is 0 Å². The molecule has 1 aliphatic heterocycles. The molecule has 0 fully saturated rings. The molecule has 2 aromatic carbocycles. The first kappa shape index (κ1) is 19.8. The molecule has 0 amide bonds. The first-order valence-corrected chi connectivity index (χ1v) is 10.1. The Balaban J connectivity index is 1.31. The summed E-state index contributed by atoms with van der Waals surface area (Å²) in [5.74, 6) is 2.84. The predicted molar refractivity (Wildman–Crippen MR) is 117 cm³/mol. The molecule has 0 saturated heterocycles. The Bertz CT molecular complexity index is 1010. The van der Waals surface area contributed by atoms with E-state index in [1.165, 1.54) is 5.56 Å². The van der Waals surface area contributed by atoms with Crippen LogP contribution in [-0.2, 0) is 6.42 Å². The Morgan fingerprint density at radius 2 is 1.87 bits per heavy atom. The van der Waals surface area contributed by atoms with E-state index in [1.54, 1.807) is 13.3 Å². The highest BCUT2D eigenvalue weighted by Crippen LogP contribution is 2.32. The monoisotopic (exact) mass is 406 g/mol. The summed E-state index contributed by atoms with van der Waals surface area (Å²) in [7, 11) is 1.74.